The lowest BCUT2D eigenvalue weighted by Gasteiger charge is -2.07. The number of sulfonamides is 1. The van der Waals surface area contributed by atoms with Gasteiger partial charge in [0.15, 0.2) is 11.6 Å². The van der Waals surface area contributed by atoms with Gasteiger partial charge < -0.3 is 14.7 Å². The van der Waals surface area contributed by atoms with Gasteiger partial charge >= 0.3 is 5.97 Å². The van der Waals surface area contributed by atoms with Crippen molar-refractivity contribution in [3.63, 3.8) is 0 Å². The molecule has 2 N–H and O–H groups in total. The minimum atomic E-state index is -4.21. The zero-order chi connectivity index (χ0) is 20.6. The topological polar surface area (TPSA) is 106 Å². The summed E-state index contributed by atoms with van der Waals surface area (Å²) in [6.07, 6.45) is 2.41. The number of halogens is 3. The van der Waals surface area contributed by atoms with Crippen LogP contribution in [0.1, 0.15) is 23.3 Å². The van der Waals surface area contributed by atoms with Crippen LogP contribution in [0.5, 0.6) is 0 Å². The van der Waals surface area contributed by atoms with E-state index in [1.54, 1.807) is 4.89 Å². The number of carbonyl (C=O) groups excluding carboxylic acids is 2. The Balaban J connectivity index is 1.75. The van der Waals surface area contributed by atoms with E-state index in [1.807, 2.05) is 0 Å². The van der Waals surface area contributed by atoms with Crippen LogP contribution < -0.4 is 10.2 Å². The van der Waals surface area contributed by atoms with Crippen molar-refractivity contribution < 1.29 is 31.6 Å². The van der Waals surface area contributed by atoms with Crippen LogP contribution >= 0.6 is 11.6 Å². The number of rotatable bonds is 6. The molecule has 1 aromatic carbocycles. The molecule has 150 valence electrons. The third kappa shape index (κ3) is 4.32. The number of nitrogens with zero attached hydrogens (tertiary/aromatic N) is 1. The lowest BCUT2D eigenvalue weighted by atomic mass is 10.3. The smallest absolute Gasteiger partial charge is 0.329 e. The van der Waals surface area contributed by atoms with E-state index in [-0.39, 0.29) is 22.2 Å². The van der Waals surface area contributed by atoms with Crippen LogP contribution in [0, 0.1) is 17.6 Å². The summed E-state index contributed by atoms with van der Waals surface area (Å²) in [6, 6.07) is 2.78. The number of anilines is 1. The maximum absolute atomic E-state index is 13.4. The summed E-state index contributed by atoms with van der Waals surface area (Å²) in [6.45, 7) is 0. The minimum Gasteiger partial charge on any atom is -0.355 e. The molecule has 1 aliphatic carbocycles. The summed E-state index contributed by atoms with van der Waals surface area (Å²) in [5.74, 6) is -4.27. The molecule has 0 spiro atoms. The van der Waals surface area contributed by atoms with E-state index >= 15 is 0 Å². The number of hydrogen-bond donors (Lipinski definition) is 2. The Labute approximate surface area is 163 Å². The first-order valence-electron chi connectivity index (χ1n) is 7.93. The SMILES string of the molecule is Cn1cc(S(=O)(=O)NOC(=O)C2CC2)cc1C(=O)Nc1cc(F)c(F)c(Cl)c1. The van der Waals surface area contributed by atoms with Crippen LogP contribution in [0.25, 0.3) is 0 Å². The van der Waals surface area contributed by atoms with E-state index in [0.29, 0.717) is 12.8 Å². The number of nitrogens with one attached hydrogen (secondary N) is 2. The maximum atomic E-state index is 13.4. The van der Waals surface area contributed by atoms with Crippen LogP contribution in [-0.4, -0.2) is 24.9 Å². The fourth-order valence-electron chi connectivity index (χ4n) is 2.28. The molecule has 1 heterocycles. The van der Waals surface area contributed by atoms with Gasteiger partial charge in [0, 0.05) is 25.0 Å². The largest absolute Gasteiger partial charge is 0.355 e. The van der Waals surface area contributed by atoms with Gasteiger partial charge in [-0.25, -0.2) is 17.2 Å². The normalized spacial score (nSPS) is 14.0. The van der Waals surface area contributed by atoms with E-state index in [1.165, 1.54) is 11.6 Å². The molecule has 1 aromatic heterocycles. The Morgan fingerprint density at radius 3 is 2.54 bits per heavy atom. The molecule has 28 heavy (non-hydrogen) atoms. The molecule has 1 amide bonds. The average molecular weight is 434 g/mol. The van der Waals surface area contributed by atoms with Gasteiger partial charge in [0.1, 0.15) is 10.6 Å². The van der Waals surface area contributed by atoms with Crippen LogP contribution in [0.2, 0.25) is 5.02 Å². The Bertz CT molecular complexity index is 1040. The van der Waals surface area contributed by atoms with Crippen molar-refractivity contribution in [2.45, 2.75) is 17.7 Å². The van der Waals surface area contributed by atoms with Gasteiger partial charge in [0.2, 0.25) is 0 Å². The number of benzene rings is 1. The Kier molecular flexibility index (Phi) is 5.41. The third-order valence-corrected chi connectivity index (χ3v) is 5.35. The molecule has 0 saturated heterocycles. The second kappa shape index (κ2) is 7.49. The molecule has 1 aliphatic rings. The predicted octanol–water partition coefficient (Wildman–Crippen LogP) is 2.36. The molecule has 8 nitrogen and oxygen atoms in total. The van der Waals surface area contributed by atoms with E-state index in [0.717, 1.165) is 24.4 Å². The molecule has 2 aromatic rings. The van der Waals surface area contributed by atoms with Gasteiger partial charge in [-0.05, 0) is 29.9 Å². The summed E-state index contributed by atoms with van der Waals surface area (Å²) in [5, 5.41) is 1.77. The molecule has 1 fully saturated rings. The summed E-state index contributed by atoms with van der Waals surface area (Å²) in [7, 11) is -2.81. The Hall–Kier alpha value is -2.50. The molecule has 0 radical (unpaired) electrons. The molecule has 0 atom stereocenters. The zero-order valence-electron chi connectivity index (χ0n) is 14.3. The maximum Gasteiger partial charge on any atom is 0.329 e. The van der Waals surface area contributed by atoms with E-state index < -0.39 is 38.6 Å². The van der Waals surface area contributed by atoms with Crippen molar-refractivity contribution in [3.05, 3.63) is 46.7 Å². The molecular formula is C16H14ClF2N3O5S. The highest BCUT2D eigenvalue weighted by atomic mass is 35.5. The fourth-order valence-corrected chi connectivity index (χ4v) is 3.34. The molecule has 12 heteroatoms. The van der Waals surface area contributed by atoms with Gasteiger partial charge in [0.25, 0.3) is 15.9 Å². The van der Waals surface area contributed by atoms with Crippen molar-refractivity contribution in [1.29, 1.82) is 0 Å². The number of aromatic nitrogens is 1. The van der Waals surface area contributed by atoms with E-state index in [4.69, 9.17) is 11.6 Å². The summed E-state index contributed by atoms with van der Waals surface area (Å²) < 4.78 is 52.2. The van der Waals surface area contributed by atoms with Crippen molar-refractivity contribution in [2.75, 3.05) is 5.32 Å². The van der Waals surface area contributed by atoms with Crippen molar-refractivity contribution in [1.82, 2.24) is 9.45 Å². The van der Waals surface area contributed by atoms with Crippen LogP contribution in [-0.2, 0) is 26.7 Å². The first kappa shape index (κ1) is 20.2. The van der Waals surface area contributed by atoms with Gasteiger partial charge in [-0.2, -0.15) is 0 Å². The van der Waals surface area contributed by atoms with Crippen molar-refractivity contribution in [3.8, 4) is 0 Å². The number of hydrogen-bond acceptors (Lipinski definition) is 5. The van der Waals surface area contributed by atoms with Crippen LogP contribution in [0.4, 0.5) is 14.5 Å². The molecule has 3 rings (SSSR count). The van der Waals surface area contributed by atoms with Crippen molar-refractivity contribution in [2.24, 2.45) is 13.0 Å². The number of aryl methyl sites for hydroxylation is 1. The Morgan fingerprint density at radius 1 is 1.25 bits per heavy atom. The average Bonchev–Trinajstić information content (AvgIpc) is 3.39. The summed E-state index contributed by atoms with van der Waals surface area (Å²) >= 11 is 5.53. The number of carbonyl (C=O) groups is 2. The van der Waals surface area contributed by atoms with Crippen LogP contribution in [0.15, 0.2) is 29.3 Å². The van der Waals surface area contributed by atoms with Gasteiger partial charge in [0.05, 0.1) is 10.9 Å². The molecule has 0 bridgehead atoms. The van der Waals surface area contributed by atoms with E-state index in [2.05, 4.69) is 10.2 Å². The first-order chi connectivity index (χ1) is 13.1. The highest BCUT2D eigenvalue weighted by Gasteiger charge is 2.33. The van der Waals surface area contributed by atoms with Gasteiger partial charge in [-0.15, -0.1) is 0 Å². The second-order valence-corrected chi connectivity index (χ2v) is 8.21. The van der Waals surface area contributed by atoms with E-state index in [9.17, 15) is 26.8 Å². The minimum absolute atomic E-state index is 0.102. The molecule has 0 unspecified atom stereocenters. The molecular weight excluding hydrogens is 420 g/mol. The highest BCUT2D eigenvalue weighted by Crippen LogP contribution is 2.30. The first-order valence-corrected chi connectivity index (χ1v) is 9.79. The molecule has 1 saturated carbocycles. The predicted molar refractivity (Wildman–Crippen MR) is 93.9 cm³/mol. The van der Waals surface area contributed by atoms with Gasteiger partial charge in [-0.1, -0.05) is 11.6 Å². The lowest BCUT2D eigenvalue weighted by molar-refractivity contribution is -0.148. The quantitative estimate of drug-likeness (QED) is 0.537. The van der Waals surface area contributed by atoms with Gasteiger partial charge in [-0.3, -0.25) is 9.59 Å². The van der Waals surface area contributed by atoms with Crippen molar-refractivity contribution >= 4 is 39.2 Å². The highest BCUT2D eigenvalue weighted by molar-refractivity contribution is 7.89. The second-order valence-electron chi connectivity index (χ2n) is 6.16. The van der Waals surface area contributed by atoms with Crippen LogP contribution in [0.3, 0.4) is 0 Å². The molecule has 0 aliphatic heterocycles. The summed E-state index contributed by atoms with van der Waals surface area (Å²) in [5.41, 5.74) is -0.217. The number of amides is 1. The fraction of sp³-hybridized carbons (Fsp3) is 0.250. The zero-order valence-corrected chi connectivity index (χ0v) is 15.9. The monoisotopic (exact) mass is 433 g/mol. The summed E-state index contributed by atoms with van der Waals surface area (Å²) in [4.78, 5) is 29.8. The standard InChI is InChI=1S/C16H14ClF2N3O5S/c1-22-7-10(28(25,26)21-27-16(24)8-2-3-8)6-13(22)15(23)20-9-4-11(17)14(19)12(18)5-9/h4-8,21H,2-3H2,1H3,(H,20,23). The third-order valence-electron chi connectivity index (χ3n) is 3.93. The Morgan fingerprint density at radius 2 is 1.93 bits per heavy atom. The lowest BCUT2D eigenvalue weighted by Crippen LogP contribution is -2.27.